The zero-order chi connectivity index (χ0) is 15.6. The Morgan fingerprint density at radius 1 is 1.29 bits per heavy atom. The molecule has 6 heteroatoms. The highest BCUT2D eigenvalue weighted by Crippen LogP contribution is 2.27. The van der Waals surface area contributed by atoms with Gasteiger partial charge in [-0.2, -0.15) is 5.10 Å². The van der Waals surface area contributed by atoms with Crippen LogP contribution in [0.3, 0.4) is 0 Å². The second kappa shape index (κ2) is 6.54. The molecule has 0 aliphatic carbocycles. The summed E-state index contributed by atoms with van der Waals surface area (Å²) in [5.41, 5.74) is 2.22. The standard InChI is InChI=1S/C15H18ClF2N3/c1-4-12-15(16)14(21(3)20-12)8-13(19-2)9-5-10(17)7-11(18)6-9/h5-7,13,19H,4,8H2,1-3H3. The van der Waals surface area contributed by atoms with Crippen LogP contribution in [0.5, 0.6) is 0 Å². The third kappa shape index (κ3) is 3.41. The Kier molecular flexibility index (Phi) is 4.96. The second-order valence-corrected chi connectivity index (χ2v) is 5.31. The summed E-state index contributed by atoms with van der Waals surface area (Å²) < 4.78 is 28.5. The lowest BCUT2D eigenvalue weighted by molar-refractivity contribution is 0.538. The Balaban J connectivity index is 2.33. The largest absolute Gasteiger partial charge is 0.313 e. The predicted molar refractivity (Wildman–Crippen MR) is 79.5 cm³/mol. The minimum Gasteiger partial charge on any atom is -0.313 e. The SMILES string of the molecule is CCc1nn(C)c(CC(NC)c2cc(F)cc(F)c2)c1Cl. The fourth-order valence-corrected chi connectivity index (χ4v) is 2.77. The zero-order valence-electron chi connectivity index (χ0n) is 12.3. The summed E-state index contributed by atoms with van der Waals surface area (Å²) in [5.74, 6) is -1.17. The maximum absolute atomic E-state index is 13.4. The van der Waals surface area contributed by atoms with Gasteiger partial charge in [-0.1, -0.05) is 18.5 Å². The first kappa shape index (κ1) is 15.9. The molecule has 3 nitrogen and oxygen atoms in total. The molecule has 2 rings (SSSR count). The molecule has 1 N–H and O–H groups in total. The van der Waals surface area contributed by atoms with E-state index in [1.165, 1.54) is 12.1 Å². The van der Waals surface area contributed by atoms with Crippen molar-refractivity contribution in [2.24, 2.45) is 7.05 Å². The third-order valence-electron chi connectivity index (χ3n) is 3.54. The van der Waals surface area contributed by atoms with E-state index in [0.717, 1.165) is 23.9 Å². The molecular formula is C15H18ClF2N3. The molecule has 0 spiro atoms. The van der Waals surface area contributed by atoms with Gasteiger partial charge in [-0.3, -0.25) is 4.68 Å². The van der Waals surface area contributed by atoms with Crippen molar-refractivity contribution in [2.75, 3.05) is 7.05 Å². The average Bonchev–Trinajstić information content (AvgIpc) is 2.70. The minimum absolute atomic E-state index is 0.243. The summed E-state index contributed by atoms with van der Waals surface area (Å²) in [7, 11) is 3.57. The van der Waals surface area contributed by atoms with Crippen LogP contribution in [0.2, 0.25) is 5.02 Å². The van der Waals surface area contributed by atoms with Crippen molar-refractivity contribution in [1.29, 1.82) is 0 Å². The highest BCUT2D eigenvalue weighted by molar-refractivity contribution is 6.31. The normalized spacial score (nSPS) is 12.7. The summed E-state index contributed by atoms with van der Waals surface area (Å²) in [4.78, 5) is 0. The first-order valence-corrected chi connectivity index (χ1v) is 7.17. The molecule has 0 saturated heterocycles. The van der Waals surface area contributed by atoms with E-state index in [1.54, 1.807) is 11.7 Å². The van der Waals surface area contributed by atoms with Crippen LogP contribution in [0.25, 0.3) is 0 Å². The van der Waals surface area contributed by atoms with E-state index >= 15 is 0 Å². The Hall–Kier alpha value is -1.46. The van der Waals surface area contributed by atoms with Gasteiger partial charge in [-0.25, -0.2) is 8.78 Å². The van der Waals surface area contributed by atoms with Crippen LogP contribution in [-0.2, 0) is 19.9 Å². The quantitative estimate of drug-likeness (QED) is 0.916. The van der Waals surface area contributed by atoms with Gasteiger partial charge in [0.2, 0.25) is 0 Å². The Labute approximate surface area is 127 Å². The molecule has 1 atom stereocenters. The van der Waals surface area contributed by atoms with E-state index in [9.17, 15) is 8.78 Å². The fourth-order valence-electron chi connectivity index (χ4n) is 2.40. The summed E-state index contributed by atoms with van der Waals surface area (Å²) in [5, 5.41) is 8.05. The van der Waals surface area contributed by atoms with Crippen molar-refractivity contribution in [3.8, 4) is 0 Å². The highest BCUT2D eigenvalue weighted by atomic mass is 35.5. The van der Waals surface area contributed by atoms with Crippen molar-refractivity contribution in [1.82, 2.24) is 15.1 Å². The average molecular weight is 314 g/mol. The first-order chi connectivity index (χ1) is 9.96. The van der Waals surface area contributed by atoms with E-state index in [1.807, 2.05) is 14.0 Å². The number of likely N-dealkylation sites (N-methyl/N-ethyl adjacent to an activating group) is 1. The Morgan fingerprint density at radius 2 is 1.90 bits per heavy atom. The smallest absolute Gasteiger partial charge is 0.126 e. The minimum atomic E-state index is -0.587. The van der Waals surface area contributed by atoms with Crippen molar-refractivity contribution in [3.63, 3.8) is 0 Å². The van der Waals surface area contributed by atoms with Gasteiger partial charge >= 0.3 is 0 Å². The number of nitrogens with one attached hydrogen (secondary N) is 1. The maximum atomic E-state index is 13.4. The molecule has 0 aliphatic heterocycles. The topological polar surface area (TPSA) is 29.9 Å². The number of benzene rings is 1. The van der Waals surface area contributed by atoms with E-state index in [0.29, 0.717) is 17.0 Å². The number of rotatable bonds is 5. The van der Waals surface area contributed by atoms with E-state index in [2.05, 4.69) is 10.4 Å². The van der Waals surface area contributed by atoms with Gasteiger partial charge in [-0.05, 0) is 31.2 Å². The Morgan fingerprint density at radius 3 is 2.38 bits per heavy atom. The molecule has 2 aromatic rings. The lowest BCUT2D eigenvalue weighted by Gasteiger charge is -2.17. The number of hydrogen-bond acceptors (Lipinski definition) is 2. The van der Waals surface area contributed by atoms with E-state index < -0.39 is 11.6 Å². The molecule has 21 heavy (non-hydrogen) atoms. The molecule has 0 radical (unpaired) electrons. The number of aryl methyl sites for hydroxylation is 2. The third-order valence-corrected chi connectivity index (χ3v) is 3.97. The summed E-state index contributed by atoms with van der Waals surface area (Å²) in [6.45, 7) is 1.98. The lowest BCUT2D eigenvalue weighted by Crippen LogP contribution is -2.20. The number of halogens is 3. The lowest BCUT2D eigenvalue weighted by atomic mass is 10.0. The van der Waals surface area contributed by atoms with Gasteiger partial charge in [0.25, 0.3) is 0 Å². The van der Waals surface area contributed by atoms with Crippen LogP contribution in [0.15, 0.2) is 18.2 Å². The van der Waals surface area contributed by atoms with Crippen molar-refractivity contribution < 1.29 is 8.78 Å². The van der Waals surface area contributed by atoms with Gasteiger partial charge < -0.3 is 5.32 Å². The van der Waals surface area contributed by atoms with Crippen LogP contribution in [-0.4, -0.2) is 16.8 Å². The van der Waals surface area contributed by atoms with Gasteiger partial charge in [0.05, 0.1) is 16.4 Å². The van der Waals surface area contributed by atoms with Crippen molar-refractivity contribution >= 4 is 11.6 Å². The van der Waals surface area contributed by atoms with E-state index in [4.69, 9.17) is 11.6 Å². The van der Waals surface area contributed by atoms with E-state index in [-0.39, 0.29) is 6.04 Å². The summed E-state index contributed by atoms with van der Waals surface area (Å²) in [6.07, 6.45) is 1.24. The van der Waals surface area contributed by atoms with Crippen molar-refractivity contribution in [3.05, 3.63) is 51.8 Å². The first-order valence-electron chi connectivity index (χ1n) is 6.79. The Bertz CT molecular complexity index is 620. The fraction of sp³-hybridized carbons (Fsp3) is 0.400. The van der Waals surface area contributed by atoms with Gasteiger partial charge in [0.15, 0.2) is 0 Å². The number of nitrogens with zero attached hydrogens (tertiary/aromatic N) is 2. The molecule has 1 aromatic carbocycles. The van der Waals surface area contributed by atoms with Crippen LogP contribution in [0.4, 0.5) is 8.78 Å². The second-order valence-electron chi connectivity index (χ2n) is 4.93. The molecular weight excluding hydrogens is 296 g/mol. The molecule has 114 valence electrons. The van der Waals surface area contributed by atoms with Crippen molar-refractivity contribution in [2.45, 2.75) is 25.8 Å². The van der Waals surface area contributed by atoms with Gasteiger partial charge in [0, 0.05) is 25.6 Å². The van der Waals surface area contributed by atoms with Crippen LogP contribution in [0, 0.1) is 11.6 Å². The molecule has 0 amide bonds. The summed E-state index contributed by atoms with van der Waals surface area (Å²) in [6, 6.07) is 3.28. The van der Waals surface area contributed by atoms with Gasteiger partial charge in [0.1, 0.15) is 11.6 Å². The monoisotopic (exact) mass is 313 g/mol. The predicted octanol–water partition coefficient (Wildman–Crippen LogP) is 3.42. The number of aromatic nitrogens is 2. The highest BCUT2D eigenvalue weighted by Gasteiger charge is 2.19. The van der Waals surface area contributed by atoms with Crippen LogP contribution in [0.1, 0.15) is 29.9 Å². The number of hydrogen-bond donors (Lipinski definition) is 1. The molecule has 0 fully saturated rings. The molecule has 0 aliphatic rings. The zero-order valence-corrected chi connectivity index (χ0v) is 13.0. The molecule has 1 heterocycles. The molecule has 0 bridgehead atoms. The molecule has 1 unspecified atom stereocenters. The van der Waals surface area contributed by atoms with Crippen LogP contribution < -0.4 is 5.32 Å². The maximum Gasteiger partial charge on any atom is 0.126 e. The van der Waals surface area contributed by atoms with Gasteiger partial charge in [-0.15, -0.1) is 0 Å². The molecule has 1 aromatic heterocycles. The van der Waals surface area contributed by atoms with Crippen LogP contribution >= 0.6 is 11.6 Å². The molecule has 0 saturated carbocycles. The summed E-state index contributed by atoms with van der Waals surface area (Å²) >= 11 is 6.32.